The van der Waals surface area contributed by atoms with Crippen LogP contribution in [-0.4, -0.2) is 21.8 Å². The van der Waals surface area contributed by atoms with Gasteiger partial charge in [-0.25, -0.2) is 4.98 Å². The first kappa shape index (κ1) is 18.9. The highest BCUT2D eigenvalue weighted by molar-refractivity contribution is 6.07. The number of carbonyl (C=O) groups excluding carboxylic acids is 1. The van der Waals surface area contributed by atoms with Gasteiger partial charge in [-0.1, -0.05) is 32.0 Å². The lowest BCUT2D eigenvalue weighted by Gasteiger charge is -2.28. The van der Waals surface area contributed by atoms with Crippen molar-refractivity contribution in [1.82, 2.24) is 9.97 Å². The molecule has 1 aromatic carbocycles. The molecule has 30 heavy (non-hydrogen) atoms. The maximum atomic E-state index is 13.1. The zero-order valence-electron chi connectivity index (χ0n) is 17.6. The van der Waals surface area contributed by atoms with Gasteiger partial charge in [0, 0.05) is 35.6 Å². The van der Waals surface area contributed by atoms with Crippen LogP contribution in [0.5, 0.6) is 0 Å². The molecule has 154 valence electrons. The molecule has 0 bridgehead atoms. The summed E-state index contributed by atoms with van der Waals surface area (Å²) < 4.78 is 0. The zero-order valence-corrected chi connectivity index (χ0v) is 17.6. The Morgan fingerprint density at radius 3 is 2.63 bits per heavy atom. The van der Waals surface area contributed by atoms with E-state index in [4.69, 9.17) is 0 Å². The summed E-state index contributed by atoms with van der Waals surface area (Å²) in [5.41, 5.74) is 5.62. The molecule has 2 aliphatic rings. The van der Waals surface area contributed by atoms with Crippen LogP contribution in [-0.2, 0) is 6.42 Å². The molecule has 5 nitrogen and oxygen atoms in total. The highest BCUT2D eigenvalue weighted by atomic mass is 16.1. The van der Waals surface area contributed by atoms with Gasteiger partial charge in [0.2, 0.25) is 0 Å². The average Bonchev–Trinajstić information content (AvgIpc) is 3.03. The Bertz CT molecular complexity index is 1080. The number of carbonyl (C=O) groups is 1. The number of aromatic amines is 1. The van der Waals surface area contributed by atoms with E-state index in [1.807, 2.05) is 42.6 Å². The third-order valence-corrected chi connectivity index (χ3v) is 6.20. The summed E-state index contributed by atoms with van der Waals surface area (Å²) in [7, 11) is 0. The Morgan fingerprint density at radius 1 is 1.10 bits per heavy atom. The molecule has 2 heterocycles. The van der Waals surface area contributed by atoms with E-state index in [1.165, 1.54) is 19.3 Å². The Hall–Kier alpha value is -3.08. The van der Waals surface area contributed by atoms with Gasteiger partial charge >= 0.3 is 0 Å². The summed E-state index contributed by atoms with van der Waals surface area (Å²) in [6.45, 7) is 4.32. The molecule has 3 aromatic rings. The van der Waals surface area contributed by atoms with Gasteiger partial charge in [0.05, 0.1) is 16.9 Å². The van der Waals surface area contributed by atoms with Crippen molar-refractivity contribution in [3.8, 4) is 11.3 Å². The monoisotopic (exact) mass is 400 g/mol. The second kappa shape index (κ2) is 7.31. The van der Waals surface area contributed by atoms with Gasteiger partial charge in [0.25, 0.3) is 0 Å². The van der Waals surface area contributed by atoms with Crippen molar-refractivity contribution in [1.29, 1.82) is 0 Å². The molecule has 5 rings (SSSR count). The molecular weight excluding hydrogens is 372 g/mol. The number of H-pyrrole nitrogens is 1. The van der Waals surface area contributed by atoms with Gasteiger partial charge in [-0.2, -0.15) is 0 Å². The average molecular weight is 401 g/mol. The van der Waals surface area contributed by atoms with E-state index in [9.17, 15) is 4.79 Å². The van der Waals surface area contributed by atoms with Crippen molar-refractivity contribution in [3.05, 3.63) is 59.9 Å². The minimum atomic E-state index is -0.0363. The lowest BCUT2D eigenvalue weighted by atomic mass is 9.76. The predicted molar refractivity (Wildman–Crippen MR) is 121 cm³/mol. The number of benzene rings is 1. The van der Waals surface area contributed by atoms with Crippen LogP contribution in [0.15, 0.2) is 48.7 Å². The van der Waals surface area contributed by atoms with Crippen LogP contribution < -0.4 is 10.6 Å². The summed E-state index contributed by atoms with van der Waals surface area (Å²) in [5.74, 6) is 1.09. The molecule has 0 atom stereocenters. The molecule has 1 saturated carbocycles. The number of aromatic nitrogens is 2. The van der Waals surface area contributed by atoms with Gasteiger partial charge in [0.1, 0.15) is 5.82 Å². The minimum Gasteiger partial charge on any atom is -0.367 e. The number of ketones is 1. The number of rotatable bonds is 5. The van der Waals surface area contributed by atoms with Gasteiger partial charge in [-0.3, -0.25) is 4.79 Å². The fourth-order valence-electron chi connectivity index (χ4n) is 4.49. The van der Waals surface area contributed by atoms with E-state index in [2.05, 4.69) is 40.5 Å². The van der Waals surface area contributed by atoms with Crippen LogP contribution in [0.1, 0.15) is 55.6 Å². The number of fused-ring (bicyclic) bond motifs is 1. The van der Waals surface area contributed by atoms with Crippen molar-refractivity contribution >= 4 is 23.0 Å². The van der Waals surface area contributed by atoms with E-state index in [-0.39, 0.29) is 11.2 Å². The van der Waals surface area contributed by atoms with Gasteiger partial charge in [0.15, 0.2) is 5.78 Å². The smallest absolute Gasteiger partial charge is 0.167 e. The highest BCUT2D eigenvalue weighted by Gasteiger charge is 2.35. The van der Waals surface area contributed by atoms with Crippen LogP contribution in [0.2, 0.25) is 0 Å². The van der Waals surface area contributed by atoms with Crippen LogP contribution >= 0.6 is 0 Å². The Kier molecular flexibility index (Phi) is 4.61. The van der Waals surface area contributed by atoms with Crippen LogP contribution in [0.25, 0.3) is 11.3 Å². The predicted octanol–water partition coefficient (Wildman–Crippen LogP) is 5.94. The van der Waals surface area contributed by atoms with Crippen molar-refractivity contribution in [2.75, 3.05) is 10.6 Å². The molecule has 0 unspecified atom stereocenters. The fraction of sp³-hybridized carbons (Fsp3) is 0.360. The van der Waals surface area contributed by atoms with E-state index < -0.39 is 0 Å². The molecule has 2 aliphatic carbocycles. The van der Waals surface area contributed by atoms with Crippen LogP contribution in [0, 0.1) is 5.41 Å². The number of hydrogen-bond acceptors (Lipinski definition) is 4. The number of para-hydroxylation sites is 1. The fourth-order valence-corrected chi connectivity index (χ4v) is 4.49. The van der Waals surface area contributed by atoms with Crippen LogP contribution in [0.3, 0.4) is 0 Å². The van der Waals surface area contributed by atoms with Gasteiger partial charge in [-0.05, 0) is 55.4 Å². The first-order chi connectivity index (χ1) is 14.5. The molecule has 2 aromatic heterocycles. The topological polar surface area (TPSA) is 69.8 Å². The van der Waals surface area contributed by atoms with Crippen molar-refractivity contribution in [3.63, 3.8) is 0 Å². The summed E-state index contributed by atoms with van der Waals surface area (Å²) >= 11 is 0. The first-order valence-corrected chi connectivity index (χ1v) is 10.8. The summed E-state index contributed by atoms with van der Waals surface area (Å²) in [5, 5.41) is 7.06. The zero-order chi connectivity index (χ0) is 20.7. The summed E-state index contributed by atoms with van der Waals surface area (Å²) in [6, 6.07) is 14.7. The van der Waals surface area contributed by atoms with E-state index in [0.717, 1.165) is 46.1 Å². The number of hydrogen-bond donors (Lipinski definition) is 3. The minimum absolute atomic E-state index is 0.0363. The third-order valence-electron chi connectivity index (χ3n) is 6.20. The molecule has 0 spiro atoms. The molecule has 0 aliphatic heterocycles. The van der Waals surface area contributed by atoms with Crippen molar-refractivity contribution in [2.45, 2.75) is 52.0 Å². The third kappa shape index (κ3) is 3.60. The van der Waals surface area contributed by atoms with Gasteiger partial charge in [-0.15, -0.1) is 0 Å². The Balaban J connectivity index is 1.59. The number of anilines is 3. The molecular formula is C25H28N4O. The molecule has 1 fully saturated rings. The lowest BCUT2D eigenvalue weighted by molar-refractivity contribution is 0.0912. The SMILES string of the molecule is CC1(C)CC(=O)c2c([nH]c(-c3ccnc(NC4CCC4)c3)c2Nc2ccccc2)C1. The van der Waals surface area contributed by atoms with Gasteiger partial charge < -0.3 is 15.6 Å². The van der Waals surface area contributed by atoms with Crippen molar-refractivity contribution in [2.24, 2.45) is 5.41 Å². The standard InChI is InChI=1S/C25H28N4O/c1-25(2)14-19-22(20(30)15-25)24(28-18-7-4-3-5-8-18)23(29-19)16-11-12-26-21(13-16)27-17-9-6-10-17/h3-5,7-8,11-13,17,28-29H,6,9-10,14-15H2,1-2H3,(H,26,27). The number of nitrogens with zero attached hydrogens (tertiary/aromatic N) is 1. The molecule has 0 amide bonds. The largest absolute Gasteiger partial charge is 0.367 e. The maximum Gasteiger partial charge on any atom is 0.167 e. The number of pyridine rings is 1. The van der Waals surface area contributed by atoms with Crippen molar-refractivity contribution < 1.29 is 4.79 Å². The Labute approximate surface area is 177 Å². The summed E-state index contributed by atoms with van der Waals surface area (Å²) in [6.07, 6.45) is 6.94. The molecule has 3 N–H and O–H groups in total. The molecule has 0 radical (unpaired) electrons. The molecule has 0 saturated heterocycles. The number of Topliss-reactive ketones (excluding diaryl/α,β-unsaturated/α-hetero) is 1. The first-order valence-electron chi connectivity index (χ1n) is 10.8. The second-order valence-electron chi connectivity index (χ2n) is 9.36. The van der Waals surface area contributed by atoms with E-state index in [1.54, 1.807) is 0 Å². The van der Waals surface area contributed by atoms with Crippen LogP contribution in [0.4, 0.5) is 17.2 Å². The number of nitrogens with one attached hydrogen (secondary N) is 3. The summed E-state index contributed by atoms with van der Waals surface area (Å²) in [4.78, 5) is 21.2. The Morgan fingerprint density at radius 2 is 1.90 bits per heavy atom. The lowest BCUT2D eigenvalue weighted by Crippen LogP contribution is -2.27. The molecule has 5 heteroatoms. The quantitative estimate of drug-likeness (QED) is 0.496. The highest BCUT2D eigenvalue weighted by Crippen LogP contribution is 2.43. The maximum absolute atomic E-state index is 13.1. The van der Waals surface area contributed by atoms with E-state index >= 15 is 0 Å². The second-order valence-corrected chi connectivity index (χ2v) is 9.36. The van der Waals surface area contributed by atoms with E-state index in [0.29, 0.717) is 12.5 Å². The normalized spacial score (nSPS) is 17.9.